The molecule has 22 heavy (non-hydrogen) atoms. The summed E-state index contributed by atoms with van der Waals surface area (Å²) in [6.07, 6.45) is 4.95. The summed E-state index contributed by atoms with van der Waals surface area (Å²) in [4.78, 5) is 5.05. The van der Waals surface area contributed by atoms with Gasteiger partial charge in [0.25, 0.3) is 0 Å². The third-order valence-corrected chi connectivity index (χ3v) is 5.04. The van der Waals surface area contributed by atoms with Gasteiger partial charge in [0.05, 0.1) is 6.61 Å². The molecule has 4 nitrogen and oxygen atoms in total. The van der Waals surface area contributed by atoms with E-state index >= 15 is 0 Å². The third-order valence-electron chi connectivity index (χ3n) is 5.04. The van der Waals surface area contributed by atoms with E-state index in [0.29, 0.717) is 18.7 Å². The lowest BCUT2D eigenvalue weighted by atomic mass is 10.2. The van der Waals surface area contributed by atoms with Crippen LogP contribution in [0.4, 0.5) is 0 Å². The number of likely N-dealkylation sites (tertiary alicyclic amines) is 2. The van der Waals surface area contributed by atoms with Crippen LogP contribution in [0.3, 0.4) is 0 Å². The Bertz CT molecular complexity index is 440. The molecular weight excluding hydrogens is 276 g/mol. The highest BCUT2D eigenvalue weighted by Gasteiger charge is 2.30. The van der Waals surface area contributed by atoms with Crippen molar-refractivity contribution in [2.24, 2.45) is 0 Å². The van der Waals surface area contributed by atoms with Crippen LogP contribution >= 0.6 is 0 Å². The van der Waals surface area contributed by atoms with Crippen molar-refractivity contribution in [3.8, 4) is 5.75 Å². The average Bonchev–Trinajstić information content (AvgIpc) is 3.18. The van der Waals surface area contributed by atoms with Crippen molar-refractivity contribution in [2.75, 3.05) is 39.4 Å². The maximum Gasteiger partial charge on any atom is 0.119 e. The molecule has 2 aliphatic rings. The summed E-state index contributed by atoms with van der Waals surface area (Å²) < 4.78 is 5.83. The van der Waals surface area contributed by atoms with E-state index in [4.69, 9.17) is 4.74 Å². The molecule has 1 N–H and O–H groups in total. The molecule has 0 amide bonds. The normalized spacial score (nSPS) is 26.6. The van der Waals surface area contributed by atoms with E-state index in [1.807, 2.05) is 30.3 Å². The average molecular weight is 304 g/mol. The second-order valence-corrected chi connectivity index (χ2v) is 6.47. The van der Waals surface area contributed by atoms with Crippen LogP contribution in [-0.2, 0) is 0 Å². The smallest absolute Gasteiger partial charge is 0.119 e. The van der Waals surface area contributed by atoms with Gasteiger partial charge in [-0.05, 0) is 50.9 Å². The van der Waals surface area contributed by atoms with Gasteiger partial charge in [0.15, 0.2) is 0 Å². The molecule has 0 saturated carbocycles. The minimum Gasteiger partial charge on any atom is -0.492 e. The number of benzene rings is 1. The molecule has 2 fully saturated rings. The quantitative estimate of drug-likeness (QED) is 0.836. The molecule has 0 spiro atoms. The van der Waals surface area contributed by atoms with Crippen molar-refractivity contribution in [3.63, 3.8) is 0 Å². The van der Waals surface area contributed by atoms with E-state index in [0.717, 1.165) is 38.4 Å². The number of aliphatic hydroxyl groups is 1. The lowest BCUT2D eigenvalue weighted by Crippen LogP contribution is -2.44. The number of rotatable bonds is 7. The van der Waals surface area contributed by atoms with Gasteiger partial charge in [0.2, 0.25) is 0 Å². The summed E-state index contributed by atoms with van der Waals surface area (Å²) in [6.45, 7) is 5.50. The first-order valence-corrected chi connectivity index (χ1v) is 8.63. The first kappa shape index (κ1) is 15.8. The fraction of sp³-hybridized carbons (Fsp3) is 0.667. The van der Waals surface area contributed by atoms with E-state index in [9.17, 15) is 5.11 Å². The SMILES string of the molecule is OCC1CCCN1CC1CCCN1CCOc1ccccc1. The van der Waals surface area contributed by atoms with E-state index in [-0.39, 0.29) is 0 Å². The molecule has 2 saturated heterocycles. The van der Waals surface area contributed by atoms with Crippen LogP contribution in [0, 0.1) is 0 Å². The first-order valence-electron chi connectivity index (χ1n) is 8.63. The first-order chi connectivity index (χ1) is 10.9. The van der Waals surface area contributed by atoms with Crippen LogP contribution in [0.15, 0.2) is 30.3 Å². The Labute approximate surface area is 133 Å². The van der Waals surface area contributed by atoms with Crippen LogP contribution in [-0.4, -0.2) is 66.4 Å². The summed E-state index contributed by atoms with van der Waals surface area (Å²) in [5.74, 6) is 0.957. The van der Waals surface area contributed by atoms with Gasteiger partial charge in [-0.3, -0.25) is 9.80 Å². The molecule has 2 heterocycles. The number of para-hydroxylation sites is 1. The number of nitrogens with zero attached hydrogens (tertiary/aromatic N) is 2. The zero-order valence-corrected chi connectivity index (χ0v) is 13.4. The largest absolute Gasteiger partial charge is 0.492 e. The number of aliphatic hydroxyl groups excluding tert-OH is 1. The van der Waals surface area contributed by atoms with E-state index < -0.39 is 0 Å². The highest BCUT2D eigenvalue weighted by atomic mass is 16.5. The lowest BCUT2D eigenvalue weighted by molar-refractivity contribution is 0.115. The third kappa shape index (κ3) is 4.00. The molecule has 1 aromatic rings. The van der Waals surface area contributed by atoms with Gasteiger partial charge in [0, 0.05) is 25.2 Å². The molecule has 0 bridgehead atoms. The van der Waals surface area contributed by atoms with Crippen molar-refractivity contribution in [1.82, 2.24) is 9.80 Å². The molecule has 0 aliphatic carbocycles. The van der Waals surface area contributed by atoms with Crippen LogP contribution in [0.1, 0.15) is 25.7 Å². The van der Waals surface area contributed by atoms with Crippen molar-refractivity contribution >= 4 is 0 Å². The highest BCUT2D eigenvalue weighted by molar-refractivity contribution is 5.20. The van der Waals surface area contributed by atoms with Crippen LogP contribution < -0.4 is 4.74 Å². The van der Waals surface area contributed by atoms with Gasteiger partial charge in [-0.25, -0.2) is 0 Å². The summed E-state index contributed by atoms with van der Waals surface area (Å²) in [7, 11) is 0. The molecule has 2 aliphatic heterocycles. The summed E-state index contributed by atoms with van der Waals surface area (Å²) in [6, 6.07) is 11.1. The van der Waals surface area contributed by atoms with E-state index in [2.05, 4.69) is 9.80 Å². The lowest BCUT2D eigenvalue weighted by Gasteiger charge is -2.31. The minimum absolute atomic E-state index is 0.309. The molecular formula is C18H28N2O2. The van der Waals surface area contributed by atoms with Crippen molar-refractivity contribution < 1.29 is 9.84 Å². The Balaban J connectivity index is 1.44. The van der Waals surface area contributed by atoms with Crippen molar-refractivity contribution in [1.29, 1.82) is 0 Å². The second-order valence-electron chi connectivity index (χ2n) is 6.47. The Kier molecular flexibility index (Phi) is 5.70. The minimum atomic E-state index is 0.309. The molecule has 2 unspecified atom stereocenters. The molecule has 122 valence electrons. The summed E-state index contributed by atoms with van der Waals surface area (Å²) in [5.41, 5.74) is 0. The Hall–Kier alpha value is -1.10. The molecule has 0 aromatic heterocycles. The Morgan fingerprint density at radius 3 is 2.50 bits per heavy atom. The zero-order valence-electron chi connectivity index (χ0n) is 13.4. The fourth-order valence-electron chi connectivity index (χ4n) is 3.81. The molecule has 0 radical (unpaired) electrons. The molecule has 4 heteroatoms. The van der Waals surface area contributed by atoms with E-state index in [1.54, 1.807) is 0 Å². The van der Waals surface area contributed by atoms with Crippen molar-refractivity contribution in [3.05, 3.63) is 30.3 Å². The summed E-state index contributed by atoms with van der Waals surface area (Å²) in [5, 5.41) is 9.47. The van der Waals surface area contributed by atoms with E-state index in [1.165, 1.54) is 25.8 Å². The van der Waals surface area contributed by atoms with Gasteiger partial charge < -0.3 is 9.84 Å². The maximum absolute atomic E-state index is 9.47. The van der Waals surface area contributed by atoms with Crippen LogP contribution in [0.25, 0.3) is 0 Å². The molecule has 3 rings (SSSR count). The molecule has 2 atom stereocenters. The standard InChI is InChI=1S/C18H28N2O2/c21-15-17-7-5-11-20(17)14-16-6-4-10-19(16)12-13-22-18-8-2-1-3-9-18/h1-3,8-9,16-17,21H,4-7,10-15H2. The maximum atomic E-state index is 9.47. The number of ether oxygens (including phenoxy) is 1. The van der Waals surface area contributed by atoms with Gasteiger partial charge in [-0.2, -0.15) is 0 Å². The van der Waals surface area contributed by atoms with Crippen molar-refractivity contribution in [2.45, 2.75) is 37.8 Å². The molecule has 1 aromatic carbocycles. The van der Waals surface area contributed by atoms with Gasteiger partial charge in [0.1, 0.15) is 12.4 Å². The van der Waals surface area contributed by atoms with Gasteiger partial charge in [-0.1, -0.05) is 18.2 Å². The zero-order chi connectivity index (χ0) is 15.2. The predicted octanol–water partition coefficient (Wildman–Crippen LogP) is 1.99. The topological polar surface area (TPSA) is 35.9 Å². The Morgan fingerprint density at radius 1 is 1.00 bits per heavy atom. The van der Waals surface area contributed by atoms with Gasteiger partial charge in [-0.15, -0.1) is 0 Å². The number of hydrogen-bond acceptors (Lipinski definition) is 4. The Morgan fingerprint density at radius 2 is 1.73 bits per heavy atom. The highest BCUT2D eigenvalue weighted by Crippen LogP contribution is 2.23. The monoisotopic (exact) mass is 304 g/mol. The fourth-order valence-corrected chi connectivity index (χ4v) is 3.81. The summed E-state index contributed by atoms with van der Waals surface area (Å²) >= 11 is 0. The predicted molar refractivity (Wildman–Crippen MR) is 88.2 cm³/mol. The van der Waals surface area contributed by atoms with Crippen LogP contribution in [0.5, 0.6) is 5.75 Å². The van der Waals surface area contributed by atoms with Crippen LogP contribution in [0.2, 0.25) is 0 Å². The number of hydrogen-bond donors (Lipinski definition) is 1. The van der Waals surface area contributed by atoms with Gasteiger partial charge >= 0.3 is 0 Å². The second kappa shape index (κ2) is 7.95.